The Hall–Kier alpha value is -4.73. The average Bonchev–Trinajstić information content (AvgIpc) is 3.46. The van der Waals surface area contributed by atoms with E-state index in [1.54, 1.807) is 19.1 Å². The van der Waals surface area contributed by atoms with Crippen LogP contribution in [0.25, 0.3) is 0 Å². The number of pyridine rings is 1. The predicted molar refractivity (Wildman–Crippen MR) is 153 cm³/mol. The fourth-order valence-electron chi connectivity index (χ4n) is 4.99. The van der Waals surface area contributed by atoms with Crippen LogP contribution < -0.4 is 10.5 Å². The van der Waals surface area contributed by atoms with Gasteiger partial charge < -0.3 is 19.9 Å². The minimum absolute atomic E-state index is 0.0841. The first kappa shape index (κ1) is 27.8. The monoisotopic (exact) mass is 564 g/mol. The highest BCUT2D eigenvalue weighted by molar-refractivity contribution is 7.99. The Kier molecular flexibility index (Phi) is 8.57. The molecule has 8 nitrogen and oxygen atoms in total. The van der Waals surface area contributed by atoms with Crippen molar-refractivity contribution >= 4 is 17.7 Å². The Balaban J connectivity index is 1.50. The minimum atomic E-state index is -0.827. The van der Waals surface area contributed by atoms with Crippen LogP contribution in [-0.4, -0.2) is 23.3 Å². The third-order valence-electron chi connectivity index (χ3n) is 6.91. The van der Waals surface area contributed by atoms with Crippen molar-refractivity contribution in [3.8, 4) is 17.9 Å². The summed E-state index contributed by atoms with van der Waals surface area (Å²) in [5.74, 6) is -0.516. The number of nitrogens with two attached hydrogens (primary N) is 1. The largest absolute Gasteiger partial charge is 0.489 e. The molecule has 0 amide bonds. The summed E-state index contributed by atoms with van der Waals surface area (Å²) >= 11 is 1.29. The molecule has 3 aromatic rings. The van der Waals surface area contributed by atoms with Gasteiger partial charge in [-0.2, -0.15) is 10.5 Å². The molecular weight excluding hydrogens is 536 g/mol. The van der Waals surface area contributed by atoms with Crippen LogP contribution in [0.1, 0.15) is 47.2 Å². The minimum Gasteiger partial charge on any atom is -0.489 e. The maximum atomic E-state index is 13.4. The lowest BCUT2D eigenvalue weighted by Crippen LogP contribution is -2.27. The number of allylic oxidation sites excluding steroid dienone is 1. The molecule has 206 valence electrons. The number of hydrogen-bond donors (Lipinski definition) is 1. The molecule has 1 aromatic heterocycles. The number of fused-ring (bicyclic) bond motifs is 1. The summed E-state index contributed by atoms with van der Waals surface area (Å²) in [6.45, 7) is 2.22. The van der Waals surface area contributed by atoms with Gasteiger partial charge in [0.05, 0.1) is 29.4 Å². The predicted octanol–water partition coefficient (Wildman–Crippen LogP) is 5.44. The molecule has 0 saturated carbocycles. The Morgan fingerprint density at radius 3 is 2.71 bits per heavy atom. The maximum absolute atomic E-state index is 13.4. The summed E-state index contributed by atoms with van der Waals surface area (Å²) in [4.78, 5) is 18.1. The lowest BCUT2D eigenvalue weighted by molar-refractivity contribution is -0.139. The quantitative estimate of drug-likeness (QED) is 0.267. The van der Waals surface area contributed by atoms with Crippen molar-refractivity contribution in [1.82, 2.24) is 4.98 Å². The van der Waals surface area contributed by atoms with Gasteiger partial charge in [0, 0.05) is 5.69 Å². The highest BCUT2D eigenvalue weighted by Crippen LogP contribution is 2.42. The number of nitriles is 2. The molecule has 2 aromatic carbocycles. The molecular formula is C32H28N4O4S. The van der Waals surface area contributed by atoms with Gasteiger partial charge in [0.1, 0.15) is 40.9 Å². The first-order chi connectivity index (χ1) is 20.0. The summed E-state index contributed by atoms with van der Waals surface area (Å²) < 4.78 is 17.3. The van der Waals surface area contributed by atoms with E-state index in [1.807, 2.05) is 48.5 Å². The highest BCUT2D eigenvalue weighted by Gasteiger charge is 2.38. The zero-order valence-electron chi connectivity index (χ0n) is 22.6. The molecule has 2 aliphatic rings. The fourth-order valence-corrected chi connectivity index (χ4v) is 5.91. The number of aryl methyl sites for hydroxylation is 2. The number of benzene rings is 2. The number of rotatable bonds is 9. The number of nitrogens with zero attached hydrogens (tertiary/aromatic N) is 3. The van der Waals surface area contributed by atoms with Gasteiger partial charge in [-0.25, -0.2) is 9.78 Å². The van der Waals surface area contributed by atoms with E-state index in [1.165, 1.54) is 11.8 Å². The molecule has 1 aliphatic heterocycles. The van der Waals surface area contributed by atoms with E-state index in [9.17, 15) is 15.3 Å². The first-order valence-electron chi connectivity index (χ1n) is 13.3. The molecule has 9 heteroatoms. The van der Waals surface area contributed by atoms with Crippen LogP contribution in [0.2, 0.25) is 0 Å². The van der Waals surface area contributed by atoms with Crippen molar-refractivity contribution in [3.05, 3.63) is 111 Å². The normalized spacial score (nSPS) is 15.9. The Labute approximate surface area is 243 Å². The van der Waals surface area contributed by atoms with Crippen LogP contribution in [0.4, 0.5) is 0 Å². The van der Waals surface area contributed by atoms with Gasteiger partial charge in [-0.05, 0) is 61.1 Å². The molecule has 1 atom stereocenters. The number of carbonyl (C=O) groups is 1. The van der Waals surface area contributed by atoms with Gasteiger partial charge in [0.15, 0.2) is 0 Å². The van der Waals surface area contributed by atoms with Crippen LogP contribution in [-0.2, 0) is 33.7 Å². The summed E-state index contributed by atoms with van der Waals surface area (Å²) in [5, 5.41) is 20.4. The maximum Gasteiger partial charge on any atom is 0.338 e. The average molecular weight is 565 g/mol. The van der Waals surface area contributed by atoms with E-state index in [0.717, 1.165) is 36.1 Å². The summed E-state index contributed by atoms with van der Waals surface area (Å²) in [7, 11) is 0. The van der Waals surface area contributed by atoms with Crippen molar-refractivity contribution in [3.63, 3.8) is 0 Å². The number of thioether (sulfide) groups is 1. The zero-order chi connectivity index (χ0) is 28.8. The molecule has 2 heterocycles. The molecule has 2 N–H and O–H groups in total. The summed E-state index contributed by atoms with van der Waals surface area (Å²) in [6, 6.07) is 23.3. The molecule has 0 spiro atoms. The van der Waals surface area contributed by atoms with Crippen molar-refractivity contribution in [2.45, 2.75) is 43.7 Å². The third kappa shape index (κ3) is 6.06. The molecule has 0 fully saturated rings. The second kappa shape index (κ2) is 12.6. The molecule has 0 unspecified atom stereocenters. The molecule has 5 rings (SSSR count). The Morgan fingerprint density at radius 2 is 1.95 bits per heavy atom. The molecule has 0 bridgehead atoms. The number of ether oxygens (including phenoxy) is 3. The van der Waals surface area contributed by atoms with Gasteiger partial charge in [-0.1, -0.05) is 54.2 Å². The molecule has 1 aliphatic carbocycles. The van der Waals surface area contributed by atoms with Crippen LogP contribution in [0, 0.1) is 22.7 Å². The number of aromatic nitrogens is 1. The molecule has 41 heavy (non-hydrogen) atoms. The SMILES string of the molecule is CCOC(=O)C1=C(CSc2nc3c(cc2C#N)CCC3)OC(N)=C(C#N)[C@@H]1c1cccc(OCc2ccccc2)c1. The summed E-state index contributed by atoms with van der Waals surface area (Å²) in [6.07, 6.45) is 2.79. The third-order valence-corrected chi connectivity index (χ3v) is 7.90. The fraction of sp³-hybridized carbons (Fsp3) is 0.250. The second-order valence-electron chi connectivity index (χ2n) is 9.53. The van der Waals surface area contributed by atoms with Crippen LogP contribution in [0.3, 0.4) is 0 Å². The lowest BCUT2D eigenvalue weighted by Gasteiger charge is -2.28. The number of carbonyl (C=O) groups excluding carboxylic acids is 1. The van der Waals surface area contributed by atoms with E-state index in [4.69, 9.17) is 24.9 Å². The number of hydrogen-bond acceptors (Lipinski definition) is 9. The van der Waals surface area contributed by atoms with E-state index in [-0.39, 0.29) is 35.1 Å². The van der Waals surface area contributed by atoms with E-state index in [0.29, 0.717) is 28.5 Å². The standard InChI is InChI=1S/C32H28N4O4S/c1-2-38-32(37)29-27(19-41-31-23(16-33)14-21-10-7-13-26(21)36-31)40-30(35)25(17-34)28(29)22-11-6-12-24(15-22)39-18-20-8-4-3-5-9-20/h3-6,8-9,11-12,14-15,28H,2,7,10,13,18-19,35H2,1H3/t28-/m0/s1. The summed E-state index contributed by atoms with van der Waals surface area (Å²) in [5.41, 5.74) is 10.8. The van der Waals surface area contributed by atoms with Gasteiger partial charge >= 0.3 is 5.97 Å². The van der Waals surface area contributed by atoms with Gasteiger partial charge in [-0.3, -0.25) is 0 Å². The van der Waals surface area contributed by atoms with Gasteiger partial charge in [0.25, 0.3) is 0 Å². The van der Waals surface area contributed by atoms with E-state index >= 15 is 0 Å². The topological polar surface area (TPSA) is 131 Å². The smallest absolute Gasteiger partial charge is 0.338 e. The molecule has 0 radical (unpaired) electrons. The first-order valence-corrected chi connectivity index (χ1v) is 14.3. The Bertz CT molecular complexity index is 1620. The van der Waals surface area contributed by atoms with Crippen LogP contribution >= 0.6 is 11.8 Å². The van der Waals surface area contributed by atoms with E-state index < -0.39 is 11.9 Å². The van der Waals surface area contributed by atoms with Gasteiger partial charge in [-0.15, -0.1) is 0 Å². The lowest BCUT2D eigenvalue weighted by atomic mass is 9.83. The van der Waals surface area contributed by atoms with E-state index in [2.05, 4.69) is 12.1 Å². The van der Waals surface area contributed by atoms with Crippen molar-refractivity contribution in [2.24, 2.45) is 5.73 Å². The zero-order valence-corrected chi connectivity index (χ0v) is 23.4. The molecule has 0 saturated heterocycles. The van der Waals surface area contributed by atoms with Crippen molar-refractivity contribution in [1.29, 1.82) is 10.5 Å². The van der Waals surface area contributed by atoms with Crippen LogP contribution in [0.5, 0.6) is 5.75 Å². The van der Waals surface area contributed by atoms with Gasteiger partial charge in [0.2, 0.25) is 5.88 Å². The van der Waals surface area contributed by atoms with Crippen molar-refractivity contribution < 1.29 is 19.0 Å². The number of esters is 1. The highest BCUT2D eigenvalue weighted by atomic mass is 32.2. The second-order valence-corrected chi connectivity index (χ2v) is 10.5. The van der Waals surface area contributed by atoms with Crippen molar-refractivity contribution in [2.75, 3.05) is 12.4 Å². The Morgan fingerprint density at radius 1 is 1.12 bits per heavy atom. The van der Waals surface area contributed by atoms with Crippen LogP contribution in [0.15, 0.2) is 88.5 Å².